The largest absolute Gasteiger partial charge is 0.476 e. The molecular weight excluding hydrogens is 214 g/mol. The third-order valence-corrected chi connectivity index (χ3v) is 2.57. The van der Waals surface area contributed by atoms with Crippen LogP contribution < -0.4 is 10.1 Å². The Morgan fingerprint density at radius 3 is 3.13 bits per heavy atom. The highest BCUT2D eigenvalue weighted by Crippen LogP contribution is 2.13. The van der Waals surface area contributed by atoms with Crippen LogP contribution in [0.3, 0.4) is 0 Å². The number of aromatic nitrogens is 2. The molecule has 1 atom stereocenters. The second-order valence-corrected chi connectivity index (χ2v) is 4.06. The van der Waals surface area contributed by atoms with Crippen molar-refractivity contribution in [3.8, 4) is 5.88 Å². The van der Waals surface area contributed by atoms with Gasteiger partial charge in [-0.25, -0.2) is 4.98 Å². The van der Waals surface area contributed by atoms with E-state index in [1.807, 2.05) is 6.92 Å². The molecule has 5 heteroatoms. The Labute approximate surface area is 94.0 Å². The molecule has 1 aliphatic rings. The number of hydrogen-bond donors (Lipinski definition) is 1. The zero-order valence-corrected chi connectivity index (χ0v) is 9.42. The fourth-order valence-electron chi connectivity index (χ4n) is 1.66. The first-order valence-electron chi connectivity index (χ1n) is 5.11. The van der Waals surface area contributed by atoms with Crippen molar-refractivity contribution in [3.05, 3.63) is 17.0 Å². The van der Waals surface area contributed by atoms with Crippen molar-refractivity contribution in [2.24, 2.45) is 0 Å². The lowest BCUT2D eigenvalue weighted by molar-refractivity contribution is 0.267. The van der Waals surface area contributed by atoms with Gasteiger partial charge in [-0.15, -0.1) is 0 Å². The molecule has 1 N–H and O–H groups in total. The molecule has 2 rings (SSSR count). The molecule has 1 unspecified atom stereocenters. The first-order valence-corrected chi connectivity index (χ1v) is 5.49. The van der Waals surface area contributed by atoms with Crippen LogP contribution in [0.2, 0.25) is 5.28 Å². The molecule has 1 saturated heterocycles. The zero-order chi connectivity index (χ0) is 10.7. The summed E-state index contributed by atoms with van der Waals surface area (Å²) >= 11 is 5.73. The number of nitrogens with one attached hydrogen (secondary N) is 1. The summed E-state index contributed by atoms with van der Waals surface area (Å²) in [5.41, 5.74) is 0.824. The van der Waals surface area contributed by atoms with Gasteiger partial charge in [0.2, 0.25) is 11.2 Å². The number of hydrogen-bond acceptors (Lipinski definition) is 4. The fourth-order valence-corrected chi connectivity index (χ4v) is 1.88. The summed E-state index contributed by atoms with van der Waals surface area (Å²) in [5, 5.41) is 3.59. The summed E-state index contributed by atoms with van der Waals surface area (Å²) in [5.74, 6) is 0.557. The predicted molar refractivity (Wildman–Crippen MR) is 58.3 cm³/mol. The van der Waals surface area contributed by atoms with Gasteiger partial charge in [0.25, 0.3) is 0 Å². The smallest absolute Gasteiger partial charge is 0.225 e. The Hall–Kier alpha value is -0.870. The van der Waals surface area contributed by atoms with Gasteiger partial charge < -0.3 is 10.1 Å². The van der Waals surface area contributed by atoms with Gasteiger partial charge in [-0.1, -0.05) is 0 Å². The average molecular weight is 228 g/mol. The number of halogens is 1. The maximum Gasteiger partial charge on any atom is 0.225 e. The van der Waals surface area contributed by atoms with Crippen LogP contribution in [0.15, 0.2) is 6.07 Å². The molecule has 82 valence electrons. The maximum absolute atomic E-state index is 5.73. The topological polar surface area (TPSA) is 47.0 Å². The monoisotopic (exact) mass is 227 g/mol. The molecule has 0 amide bonds. The van der Waals surface area contributed by atoms with Gasteiger partial charge >= 0.3 is 0 Å². The lowest BCUT2D eigenvalue weighted by Gasteiger charge is -2.11. The quantitative estimate of drug-likeness (QED) is 0.797. The summed E-state index contributed by atoms with van der Waals surface area (Å²) in [4.78, 5) is 7.97. The third kappa shape index (κ3) is 3.04. The second-order valence-electron chi connectivity index (χ2n) is 3.72. The lowest BCUT2D eigenvalue weighted by Crippen LogP contribution is -2.28. The van der Waals surface area contributed by atoms with Crippen LogP contribution in [0.5, 0.6) is 5.88 Å². The lowest BCUT2D eigenvalue weighted by atomic mass is 10.2. The number of nitrogens with zero attached hydrogens (tertiary/aromatic N) is 2. The van der Waals surface area contributed by atoms with E-state index in [0.29, 0.717) is 18.5 Å². The minimum atomic E-state index is 0.240. The summed E-state index contributed by atoms with van der Waals surface area (Å²) in [6.45, 7) is 3.60. The Morgan fingerprint density at radius 2 is 2.47 bits per heavy atom. The Kier molecular flexibility index (Phi) is 3.38. The molecule has 1 aliphatic heterocycles. The Bertz CT molecular complexity index is 319. The van der Waals surface area contributed by atoms with Gasteiger partial charge in [0.15, 0.2) is 0 Å². The fraction of sp³-hybridized carbons (Fsp3) is 0.600. The Morgan fingerprint density at radius 1 is 1.60 bits per heavy atom. The molecule has 1 fully saturated rings. The summed E-state index contributed by atoms with van der Waals surface area (Å²) in [6, 6.07) is 2.24. The van der Waals surface area contributed by atoms with Gasteiger partial charge in [0, 0.05) is 17.8 Å². The molecule has 0 saturated carbocycles. The zero-order valence-electron chi connectivity index (χ0n) is 8.66. The van der Waals surface area contributed by atoms with Crippen LogP contribution in [0.1, 0.15) is 18.5 Å². The summed E-state index contributed by atoms with van der Waals surface area (Å²) < 4.78 is 5.55. The Balaban J connectivity index is 1.92. The molecule has 0 aromatic carbocycles. The van der Waals surface area contributed by atoms with Crippen LogP contribution in [0.4, 0.5) is 0 Å². The van der Waals surface area contributed by atoms with Crippen LogP contribution >= 0.6 is 11.6 Å². The molecule has 1 aromatic heterocycles. The number of rotatable bonds is 3. The van der Waals surface area contributed by atoms with Gasteiger partial charge in [-0.3, -0.25) is 0 Å². The SMILES string of the molecule is Cc1cc(OCC2CCCN2)nc(Cl)n1. The summed E-state index contributed by atoms with van der Waals surface area (Å²) in [6.07, 6.45) is 2.38. The normalized spacial score (nSPS) is 20.5. The second kappa shape index (κ2) is 4.77. The van der Waals surface area contributed by atoms with Crippen molar-refractivity contribution in [3.63, 3.8) is 0 Å². The molecule has 0 aliphatic carbocycles. The first kappa shape index (κ1) is 10.6. The molecular formula is C10H14ClN3O. The van der Waals surface area contributed by atoms with Gasteiger partial charge in [0.1, 0.15) is 6.61 Å². The van der Waals surface area contributed by atoms with Crippen molar-refractivity contribution in [1.29, 1.82) is 0 Å². The van der Waals surface area contributed by atoms with Crippen molar-refractivity contribution >= 4 is 11.6 Å². The highest BCUT2D eigenvalue weighted by atomic mass is 35.5. The van der Waals surface area contributed by atoms with E-state index < -0.39 is 0 Å². The number of ether oxygens (including phenoxy) is 1. The van der Waals surface area contributed by atoms with E-state index in [-0.39, 0.29) is 5.28 Å². The molecule has 0 spiro atoms. The van der Waals surface area contributed by atoms with E-state index in [0.717, 1.165) is 18.7 Å². The molecule has 0 bridgehead atoms. The van der Waals surface area contributed by atoms with Crippen LogP contribution in [0.25, 0.3) is 0 Å². The molecule has 2 heterocycles. The van der Waals surface area contributed by atoms with Crippen molar-refractivity contribution in [1.82, 2.24) is 15.3 Å². The van der Waals surface area contributed by atoms with E-state index >= 15 is 0 Å². The first-order chi connectivity index (χ1) is 7.24. The third-order valence-electron chi connectivity index (χ3n) is 2.40. The predicted octanol–water partition coefficient (Wildman–Crippen LogP) is 1.57. The van der Waals surface area contributed by atoms with Gasteiger partial charge in [0.05, 0.1) is 0 Å². The van der Waals surface area contributed by atoms with Crippen molar-refractivity contribution in [2.75, 3.05) is 13.2 Å². The minimum absolute atomic E-state index is 0.240. The standard InChI is InChI=1S/C10H14ClN3O/c1-7-5-9(14-10(11)13-7)15-6-8-3-2-4-12-8/h5,8,12H,2-4,6H2,1H3. The molecule has 0 radical (unpaired) electrons. The van der Waals surface area contributed by atoms with Crippen LogP contribution in [-0.4, -0.2) is 29.2 Å². The number of aryl methyl sites for hydroxylation is 1. The maximum atomic E-state index is 5.73. The van der Waals surface area contributed by atoms with E-state index in [9.17, 15) is 0 Å². The van der Waals surface area contributed by atoms with Crippen molar-refractivity contribution in [2.45, 2.75) is 25.8 Å². The van der Waals surface area contributed by atoms with E-state index in [4.69, 9.17) is 16.3 Å². The van der Waals surface area contributed by atoms with Gasteiger partial charge in [-0.05, 0) is 37.9 Å². The van der Waals surface area contributed by atoms with E-state index in [1.54, 1.807) is 6.07 Å². The summed E-state index contributed by atoms with van der Waals surface area (Å²) in [7, 11) is 0. The molecule has 4 nitrogen and oxygen atoms in total. The van der Waals surface area contributed by atoms with E-state index in [1.165, 1.54) is 6.42 Å². The highest BCUT2D eigenvalue weighted by Gasteiger charge is 2.14. The van der Waals surface area contributed by atoms with Crippen LogP contribution in [0, 0.1) is 6.92 Å². The minimum Gasteiger partial charge on any atom is -0.476 e. The molecule has 1 aromatic rings. The average Bonchev–Trinajstić information content (AvgIpc) is 2.65. The van der Waals surface area contributed by atoms with E-state index in [2.05, 4.69) is 15.3 Å². The molecule has 15 heavy (non-hydrogen) atoms. The highest BCUT2D eigenvalue weighted by molar-refractivity contribution is 6.28. The van der Waals surface area contributed by atoms with Crippen molar-refractivity contribution < 1.29 is 4.74 Å². The van der Waals surface area contributed by atoms with Gasteiger partial charge in [-0.2, -0.15) is 4.98 Å². The van der Waals surface area contributed by atoms with Crippen LogP contribution in [-0.2, 0) is 0 Å².